The van der Waals surface area contributed by atoms with Gasteiger partial charge >= 0.3 is 0 Å². The first-order valence-corrected chi connectivity index (χ1v) is 5.91. The largest absolute Gasteiger partial charge is 0.299 e. The van der Waals surface area contributed by atoms with Crippen molar-refractivity contribution >= 4 is 17.4 Å². The molecule has 0 atom stereocenters. The van der Waals surface area contributed by atoms with Crippen molar-refractivity contribution < 1.29 is 4.79 Å². The summed E-state index contributed by atoms with van der Waals surface area (Å²) >= 11 is 6.03. The Morgan fingerprint density at radius 3 is 2.73 bits per heavy atom. The number of aryl methyl sites for hydroxylation is 1. The number of rotatable bonds is 5. The van der Waals surface area contributed by atoms with Crippen molar-refractivity contribution in [2.45, 2.75) is 32.1 Å². The van der Waals surface area contributed by atoms with Gasteiger partial charge < -0.3 is 0 Å². The molecule has 0 saturated heterocycles. The van der Waals surface area contributed by atoms with Crippen LogP contribution in [-0.4, -0.2) is 5.78 Å². The fourth-order valence-electron chi connectivity index (χ4n) is 1.76. The van der Waals surface area contributed by atoms with Crippen molar-refractivity contribution in [2.24, 2.45) is 5.92 Å². The second kappa shape index (κ2) is 4.80. The van der Waals surface area contributed by atoms with Crippen molar-refractivity contribution in [2.75, 3.05) is 0 Å². The Labute approximate surface area is 95.4 Å². The van der Waals surface area contributed by atoms with Crippen LogP contribution in [0, 0.1) is 5.92 Å². The molecule has 0 unspecified atom stereocenters. The monoisotopic (exact) mass is 222 g/mol. The van der Waals surface area contributed by atoms with Gasteiger partial charge in [-0.3, -0.25) is 4.79 Å². The van der Waals surface area contributed by atoms with Crippen molar-refractivity contribution in [1.82, 2.24) is 0 Å². The van der Waals surface area contributed by atoms with Gasteiger partial charge in [-0.1, -0.05) is 29.8 Å². The third-order valence-corrected chi connectivity index (χ3v) is 3.23. The minimum absolute atomic E-state index is 0.399. The molecule has 0 radical (unpaired) electrons. The van der Waals surface area contributed by atoms with Crippen molar-refractivity contribution in [1.29, 1.82) is 0 Å². The average molecular weight is 223 g/mol. The van der Waals surface area contributed by atoms with E-state index >= 15 is 0 Å². The number of benzene rings is 1. The van der Waals surface area contributed by atoms with E-state index in [1.807, 2.05) is 24.3 Å². The number of Topliss-reactive ketones (excluding diaryl/α,β-unsaturated/α-hetero) is 1. The second-order valence-corrected chi connectivity index (χ2v) is 4.59. The quantitative estimate of drug-likeness (QED) is 0.744. The lowest BCUT2D eigenvalue weighted by Gasteiger charge is -2.03. The van der Waals surface area contributed by atoms with Crippen LogP contribution < -0.4 is 0 Å². The predicted octanol–water partition coefficient (Wildman–Crippen LogP) is 3.64. The Bertz CT molecular complexity index is 355. The molecule has 1 aliphatic carbocycles. The third kappa shape index (κ3) is 3.07. The van der Waals surface area contributed by atoms with Gasteiger partial charge in [0.2, 0.25) is 0 Å². The first-order valence-electron chi connectivity index (χ1n) is 5.53. The number of hydrogen-bond donors (Lipinski definition) is 0. The number of carbonyl (C=O) groups is 1. The molecule has 15 heavy (non-hydrogen) atoms. The highest BCUT2D eigenvalue weighted by atomic mass is 35.5. The molecule has 1 aromatic rings. The maximum absolute atomic E-state index is 11.4. The van der Waals surface area contributed by atoms with E-state index in [1.54, 1.807) is 0 Å². The number of halogens is 1. The van der Waals surface area contributed by atoms with Gasteiger partial charge in [0, 0.05) is 17.4 Å². The molecule has 0 spiro atoms. The zero-order valence-corrected chi connectivity index (χ0v) is 9.46. The molecule has 1 aliphatic rings. The molecule has 1 aromatic carbocycles. The second-order valence-electron chi connectivity index (χ2n) is 4.19. The first kappa shape index (κ1) is 10.7. The molecule has 0 amide bonds. The highest BCUT2D eigenvalue weighted by Gasteiger charge is 2.28. The van der Waals surface area contributed by atoms with Gasteiger partial charge in [-0.2, -0.15) is 0 Å². The first-order chi connectivity index (χ1) is 7.27. The Morgan fingerprint density at radius 2 is 2.07 bits per heavy atom. The van der Waals surface area contributed by atoms with Gasteiger partial charge in [0.15, 0.2) is 0 Å². The number of carbonyl (C=O) groups excluding carboxylic acids is 1. The predicted molar refractivity (Wildman–Crippen MR) is 62.1 cm³/mol. The van der Waals surface area contributed by atoms with Crippen LogP contribution in [-0.2, 0) is 11.2 Å². The topological polar surface area (TPSA) is 17.1 Å². The van der Waals surface area contributed by atoms with Crippen LogP contribution in [0.5, 0.6) is 0 Å². The normalized spacial score (nSPS) is 15.3. The molecule has 1 nitrogen and oxygen atoms in total. The maximum Gasteiger partial charge on any atom is 0.135 e. The fraction of sp³-hybridized carbons (Fsp3) is 0.462. The average Bonchev–Trinajstić information content (AvgIpc) is 3.04. The number of ketones is 1. The summed E-state index contributed by atoms with van der Waals surface area (Å²) in [5.74, 6) is 0.846. The van der Waals surface area contributed by atoms with Crippen molar-refractivity contribution in [3.8, 4) is 0 Å². The zero-order valence-electron chi connectivity index (χ0n) is 8.71. The standard InChI is InChI=1S/C13H15ClO/c14-12-6-2-1-4-10(12)5-3-7-13(15)11-8-9-11/h1-2,4,6,11H,3,5,7-9H2. The van der Waals surface area contributed by atoms with Gasteiger partial charge in [-0.15, -0.1) is 0 Å². The van der Waals surface area contributed by atoms with E-state index in [9.17, 15) is 4.79 Å². The molecular formula is C13H15ClO. The molecule has 0 aliphatic heterocycles. The van der Waals surface area contributed by atoms with Gasteiger partial charge in [0.1, 0.15) is 5.78 Å². The molecule has 2 rings (SSSR count). The lowest BCUT2D eigenvalue weighted by Crippen LogP contribution is -2.00. The summed E-state index contributed by atoms with van der Waals surface area (Å²) in [5, 5.41) is 0.816. The molecule has 2 heteroatoms. The van der Waals surface area contributed by atoms with E-state index in [4.69, 9.17) is 11.6 Å². The molecule has 0 heterocycles. The van der Waals surface area contributed by atoms with Crippen molar-refractivity contribution in [3.63, 3.8) is 0 Å². The summed E-state index contributed by atoms with van der Waals surface area (Å²) in [5.41, 5.74) is 1.16. The minimum Gasteiger partial charge on any atom is -0.299 e. The Hall–Kier alpha value is -0.820. The minimum atomic E-state index is 0.399. The Kier molecular flexibility index (Phi) is 3.42. The van der Waals surface area contributed by atoms with E-state index in [1.165, 1.54) is 0 Å². The van der Waals surface area contributed by atoms with Crippen LogP contribution in [0.2, 0.25) is 5.02 Å². The third-order valence-electron chi connectivity index (χ3n) is 2.86. The molecular weight excluding hydrogens is 208 g/mol. The molecule has 0 aromatic heterocycles. The van der Waals surface area contributed by atoms with Crippen LogP contribution in [0.3, 0.4) is 0 Å². The van der Waals surface area contributed by atoms with Crippen LogP contribution in [0.1, 0.15) is 31.2 Å². The highest BCUT2D eigenvalue weighted by molar-refractivity contribution is 6.31. The molecule has 0 bridgehead atoms. The summed E-state index contributed by atoms with van der Waals surface area (Å²) in [7, 11) is 0. The van der Waals surface area contributed by atoms with E-state index in [2.05, 4.69) is 0 Å². The van der Waals surface area contributed by atoms with Crippen molar-refractivity contribution in [3.05, 3.63) is 34.9 Å². The summed E-state index contributed by atoms with van der Waals surface area (Å²) < 4.78 is 0. The van der Waals surface area contributed by atoms with Gasteiger partial charge in [0.05, 0.1) is 0 Å². The van der Waals surface area contributed by atoms with Gasteiger partial charge in [0.25, 0.3) is 0 Å². The summed E-state index contributed by atoms with van der Waals surface area (Å²) in [4.78, 5) is 11.4. The molecule has 0 N–H and O–H groups in total. The smallest absolute Gasteiger partial charge is 0.135 e. The lowest BCUT2D eigenvalue weighted by molar-refractivity contribution is -0.120. The summed E-state index contributed by atoms with van der Waals surface area (Å²) in [6.45, 7) is 0. The lowest BCUT2D eigenvalue weighted by atomic mass is 10.0. The number of hydrogen-bond acceptors (Lipinski definition) is 1. The van der Waals surface area contributed by atoms with E-state index in [-0.39, 0.29) is 0 Å². The van der Waals surface area contributed by atoms with E-state index in [0.717, 1.165) is 42.7 Å². The molecule has 80 valence electrons. The SMILES string of the molecule is O=C(CCCc1ccccc1Cl)C1CC1. The zero-order chi connectivity index (χ0) is 10.7. The van der Waals surface area contributed by atoms with Crippen LogP contribution >= 0.6 is 11.6 Å². The van der Waals surface area contributed by atoms with Crippen LogP contribution in [0.25, 0.3) is 0 Å². The maximum atomic E-state index is 11.4. The van der Waals surface area contributed by atoms with E-state index in [0.29, 0.717) is 11.7 Å². The highest BCUT2D eigenvalue weighted by Crippen LogP contribution is 2.31. The van der Waals surface area contributed by atoms with Crippen LogP contribution in [0.15, 0.2) is 24.3 Å². The summed E-state index contributed by atoms with van der Waals surface area (Å²) in [6.07, 6.45) is 4.79. The Balaban J connectivity index is 1.78. The van der Waals surface area contributed by atoms with Gasteiger partial charge in [-0.25, -0.2) is 0 Å². The van der Waals surface area contributed by atoms with Crippen LogP contribution in [0.4, 0.5) is 0 Å². The Morgan fingerprint density at radius 1 is 1.33 bits per heavy atom. The van der Waals surface area contributed by atoms with E-state index < -0.39 is 0 Å². The molecule has 1 fully saturated rings. The fourth-order valence-corrected chi connectivity index (χ4v) is 1.99. The molecule has 1 saturated carbocycles. The summed E-state index contributed by atoms with van der Waals surface area (Å²) in [6, 6.07) is 7.86. The van der Waals surface area contributed by atoms with Gasteiger partial charge in [-0.05, 0) is 37.3 Å².